The number of nitrogens with one attached hydrogen (secondary N) is 1. The molecule has 2 unspecified atom stereocenters. The lowest BCUT2D eigenvalue weighted by molar-refractivity contribution is -0.0421. The zero-order valence-electron chi connectivity index (χ0n) is 16.1. The molecule has 3 aliphatic rings. The molecule has 1 saturated heterocycles. The van der Waals surface area contributed by atoms with Gasteiger partial charge in [0.05, 0.1) is 11.7 Å². The van der Waals surface area contributed by atoms with E-state index in [0.29, 0.717) is 6.54 Å². The van der Waals surface area contributed by atoms with Crippen LogP contribution in [0.3, 0.4) is 0 Å². The average molecular weight is 362 g/mol. The highest BCUT2D eigenvalue weighted by Crippen LogP contribution is 2.37. The molecule has 0 saturated carbocycles. The highest BCUT2D eigenvalue weighted by atomic mass is 16.6. The first-order valence-electron chi connectivity index (χ1n) is 9.86. The topological polar surface area (TPSA) is 68.6 Å². The minimum Gasteiger partial charge on any atom is -0.444 e. The Labute approximate surface area is 155 Å². The van der Waals surface area contributed by atoms with Crippen LogP contribution in [0, 0.1) is 0 Å². The van der Waals surface area contributed by atoms with Gasteiger partial charge >= 0.3 is 6.09 Å². The zero-order valence-corrected chi connectivity index (χ0v) is 16.1. The summed E-state index contributed by atoms with van der Waals surface area (Å²) in [5.41, 5.74) is 3.09. The van der Waals surface area contributed by atoms with Crippen LogP contribution in [0.15, 0.2) is 0 Å². The second-order valence-corrected chi connectivity index (χ2v) is 8.47. The van der Waals surface area contributed by atoms with Crippen molar-refractivity contribution < 1.29 is 14.3 Å². The molecule has 0 spiro atoms. The van der Waals surface area contributed by atoms with Gasteiger partial charge in [0.25, 0.3) is 0 Å². The first-order chi connectivity index (χ1) is 12.4. The van der Waals surface area contributed by atoms with Gasteiger partial charge < -0.3 is 14.8 Å². The van der Waals surface area contributed by atoms with Crippen molar-refractivity contribution in [2.45, 2.75) is 70.7 Å². The molecule has 1 N–H and O–H groups in total. The predicted molar refractivity (Wildman–Crippen MR) is 97.0 cm³/mol. The van der Waals surface area contributed by atoms with Crippen LogP contribution in [-0.2, 0) is 22.3 Å². The minimum atomic E-state index is -0.488. The molecular weight excluding hydrogens is 332 g/mol. The first kappa shape index (κ1) is 17.8. The van der Waals surface area contributed by atoms with Crippen LogP contribution >= 0.6 is 0 Å². The Kier molecular flexibility index (Phi) is 4.69. The number of aromatic nitrogens is 2. The fourth-order valence-corrected chi connectivity index (χ4v) is 4.24. The number of carbonyl (C=O) groups excluding carboxylic acids is 1. The van der Waals surface area contributed by atoms with Crippen molar-refractivity contribution in [1.82, 2.24) is 20.0 Å². The molecule has 1 aromatic rings. The number of hydrogen-bond acceptors (Lipinski definition) is 5. The van der Waals surface area contributed by atoms with Crippen molar-refractivity contribution in [3.05, 3.63) is 17.0 Å². The monoisotopic (exact) mass is 362 g/mol. The summed E-state index contributed by atoms with van der Waals surface area (Å²) in [5.74, 6) is 0. The molecule has 0 aliphatic carbocycles. The Morgan fingerprint density at radius 2 is 2.15 bits per heavy atom. The summed E-state index contributed by atoms with van der Waals surface area (Å²) in [7, 11) is 0. The molecule has 2 atom stereocenters. The number of nitrogens with zero attached hydrogens (tertiary/aromatic N) is 3. The Morgan fingerprint density at radius 1 is 1.31 bits per heavy atom. The molecular formula is C19H30N4O3. The van der Waals surface area contributed by atoms with E-state index >= 15 is 0 Å². The lowest BCUT2D eigenvalue weighted by atomic mass is 9.96. The highest BCUT2D eigenvalue weighted by molar-refractivity contribution is 5.69. The van der Waals surface area contributed by atoms with Crippen molar-refractivity contribution in [3.8, 4) is 0 Å². The maximum absolute atomic E-state index is 12.8. The van der Waals surface area contributed by atoms with Gasteiger partial charge in [-0.1, -0.05) is 0 Å². The standard InChI is InChI=1S/C19H30N4O3/c1-19(2,3)26-18(24)22-10-8-14-17-13(7-9-20-12-15(17)22)21-23(14)16-6-4-5-11-25-16/h15-16,20H,4-12H2,1-3H3. The quantitative estimate of drug-likeness (QED) is 0.832. The fraction of sp³-hybridized carbons (Fsp3) is 0.789. The van der Waals surface area contributed by atoms with E-state index in [1.165, 1.54) is 17.7 Å². The third kappa shape index (κ3) is 3.34. The Morgan fingerprint density at radius 3 is 2.88 bits per heavy atom. The van der Waals surface area contributed by atoms with Crippen LogP contribution in [0.5, 0.6) is 0 Å². The van der Waals surface area contributed by atoms with Gasteiger partial charge in [0, 0.05) is 50.3 Å². The molecule has 1 amide bonds. The summed E-state index contributed by atoms with van der Waals surface area (Å²) in [6, 6.07) is -0.0107. The summed E-state index contributed by atoms with van der Waals surface area (Å²) in [4.78, 5) is 14.7. The minimum absolute atomic E-state index is 0.0107. The summed E-state index contributed by atoms with van der Waals surface area (Å²) in [6.07, 6.45) is 4.84. The second-order valence-electron chi connectivity index (χ2n) is 8.47. The molecule has 0 bridgehead atoms. The largest absolute Gasteiger partial charge is 0.444 e. The van der Waals surface area contributed by atoms with Crippen molar-refractivity contribution in [3.63, 3.8) is 0 Å². The molecule has 1 aromatic heterocycles. The van der Waals surface area contributed by atoms with E-state index in [1.807, 2.05) is 25.7 Å². The fourth-order valence-electron chi connectivity index (χ4n) is 4.24. The van der Waals surface area contributed by atoms with Gasteiger partial charge in [0.15, 0.2) is 0 Å². The Bertz CT molecular complexity index is 673. The van der Waals surface area contributed by atoms with Crippen molar-refractivity contribution in [2.75, 3.05) is 26.2 Å². The van der Waals surface area contributed by atoms with E-state index in [-0.39, 0.29) is 18.4 Å². The molecule has 26 heavy (non-hydrogen) atoms. The van der Waals surface area contributed by atoms with Gasteiger partial charge in [-0.05, 0) is 40.0 Å². The summed E-state index contributed by atoms with van der Waals surface area (Å²) in [5, 5.41) is 8.40. The average Bonchev–Trinajstić information content (AvgIpc) is 2.83. The Hall–Kier alpha value is -1.60. The summed E-state index contributed by atoms with van der Waals surface area (Å²) < 4.78 is 13.8. The van der Waals surface area contributed by atoms with Crippen LogP contribution < -0.4 is 5.32 Å². The molecule has 144 valence electrons. The number of amides is 1. The number of carbonyl (C=O) groups is 1. The van der Waals surface area contributed by atoms with Gasteiger partial charge in [0.2, 0.25) is 0 Å². The molecule has 7 nitrogen and oxygen atoms in total. The van der Waals surface area contributed by atoms with Crippen LogP contribution in [0.4, 0.5) is 4.79 Å². The van der Waals surface area contributed by atoms with Gasteiger partial charge in [0.1, 0.15) is 11.8 Å². The van der Waals surface area contributed by atoms with E-state index in [0.717, 1.165) is 51.1 Å². The second kappa shape index (κ2) is 6.85. The summed E-state index contributed by atoms with van der Waals surface area (Å²) in [6.45, 7) is 8.83. The van der Waals surface area contributed by atoms with Crippen LogP contribution in [0.25, 0.3) is 0 Å². The lowest BCUT2D eigenvalue weighted by Gasteiger charge is -2.37. The molecule has 3 aliphatic heterocycles. The van der Waals surface area contributed by atoms with Gasteiger partial charge in [-0.15, -0.1) is 0 Å². The molecule has 1 fully saturated rings. The Balaban J connectivity index is 1.66. The molecule has 7 heteroatoms. The molecule has 4 heterocycles. The van der Waals surface area contributed by atoms with E-state index in [1.54, 1.807) is 0 Å². The van der Waals surface area contributed by atoms with E-state index in [4.69, 9.17) is 14.6 Å². The summed E-state index contributed by atoms with van der Waals surface area (Å²) >= 11 is 0. The van der Waals surface area contributed by atoms with Crippen LogP contribution in [0.2, 0.25) is 0 Å². The van der Waals surface area contributed by atoms with Crippen LogP contribution in [0.1, 0.15) is 69.3 Å². The van der Waals surface area contributed by atoms with Crippen molar-refractivity contribution in [2.24, 2.45) is 0 Å². The van der Waals surface area contributed by atoms with E-state index in [9.17, 15) is 4.79 Å². The maximum atomic E-state index is 12.8. The SMILES string of the molecule is CC(C)(C)OC(=O)N1CCc2c3c(nn2C2CCCCO2)CCNCC31. The van der Waals surface area contributed by atoms with Gasteiger partial charge in [-0.25, -0.2) is 9.48 Å². The van der Waals surface area contributed by atoms with E-state index < -0.39 is 5.60 Å². The number of ether oxygens (including phenoxy) is 2. The third-order valence-corrected chi connectivity index (χ3v) is 5.36. The third-order valence-electron chi connectivity index (χ3n) is 5.36. The zero-order chi connectivity index (χ0) is 18.3. The van der Waals surface area contributed by atoms with Gasteiger partial charge in [-0.3, -0.25) is 4.90 Å². The molecule has 0 aromatic carbocycles. The highest BCUT2D eigenvalue weighted by Gasteiger charge is 2.39. The van der Waals surface area contributed by atoms with Gasteiger partial charge in [-0.2, -0.15) is 5.10 Å². The maximum Gasteiger partial charge on any atom is 0.410 e. The van der Waals surface area contributed by atoms with E-state index in [2.05, 4.69) is 10.00 Å². The number of hydrogen-bond donors (Lipinski definition) is 1. The number of rotatable bonds is 1. The molecule has 0 radical (unpaired) electrons. The lowest BCUT2D eigenvalue weighted by Crippen LogP contribution is -2.46. The predicted octanol–water partition coefficient (Wildman–Crippen LogP) is 2.56. The molecule has 4 rings (SSSR count). The normalized spacial score (nSPS) is 26.2. The van der Waals surface area contributed by atoms with Crippen molar-refractivity contribution >= 4 is 6.09 Å². The smallest absolute Gasteiger partial charge is 0.410 e. The first-order valence-corrected chi connectivity index (χ1v) is 9.86. The van der Waals surface area contributed by atoms with Crippen LogP contribution in [-0.4, -0.2) is 52.6 Å². The van der Waals surface area contributed by atoms with Crippen molar-refractivity contribution in [1.29, 1.82) is 0 Å².